The summed E-state index contributed by atoms with van der Waals surface area (Å²) in [6, 6.07) is 0. The van der Waals surface area contributed by atoms with Gasteiger partial charge in [0.2, 0.25) is 0 Å². The number of hydrogen-bond donors (Lipinski definition) is 1. The Bertz CT molecular complexity index is 672. The standard InChI is InChI=1S/C23H34O5/c1-15(18(4)24)11-13-27-23-12-7-6-8-20(23)9-10-21(26)28-22(19(5)25)16(2)14-17(23)3/h6,8,11,14,16,19-20,22,25H,7,9-10,12-13H2,1-5H3/b15-11-,17-14+. The average Bonchev–Trinajstić information content (AvgIpc) is 2.63. The van der Waals surface area contributed by atoms with E-state index in [9.17, 15) is 14.7 Å². The van der Waals surface area contributed by atoms with Crippen molar-refractivity contribution in [2.75, 3.05) is 6.61 Å². The Kier molecular flexibility index (Phi) is 7.79. The van der Waals surface area contributed by atoms with E-state index in [4.69, 9.17) is 9.47 Å². The Hall–Kier alpha value is -1.72. The maximum absolute atomic E-state index is 12.3. The zero-order valence-electron chi connectivity index (χ0n) is 17.7. The molecule has 1 aliphatic carbocycles. The molecule has 156 valence electrons. The number of esters is 1. The molecular formula is C23H34O5. The number of carbonyl (C=O) groups is 2. The van der Waals surface area contributed by atoms with E-state index in [0.717, 1.165) is 18.4 Å². The highest BCUT2D eigenvalue weighted by Gasteiger charge is 2.42. The molecule has 0 bridgehead atoms. The summed E-state index contributed by atoms with van der Waals surface area (Å²) in [5.41, 5.74) is 1.26. The molecule has 5 unspecified atom stereocenters. The fourth-order valence-corrected chi connectivity index (χ4v) is 4.23. The first-order valence-electron chi connectivity index (χ1n) is 10.2. The minimum Gasteiger partial charge on any atom is -0.459 e. The third-order valence-electron chi connectivity index (χ3n) is 6.04. The number of allylic oxidation sites excluding steroid dienone is 2. The van der Waals surface area contributed by atoms with Crippen molar-refractivity contribution in [2.24, 2.45) is 11.8 Å². The third kappa shape index (κ3) is 5.21. The van der Waals surface area contributed by atoms with E-state index in [1.54, 1.807) is 20.8 Å². The SMILES string of the molecule is CC(=O)/C(C)=C\COC12CCC=CC1CCC(=O)OC(C(C)O)C(C)/C=C/2C. The molecule has 0 fully saturated rings. The van der Waals surface area contributed by atoms with Crippen LogP contribution in [0, 0.1) is 11.8 Å². The maximum Gasteiger partial charge on any atom is 0.306 e. The number of ether oxygens (including phenoxy) is 2. The lowest BCUT2D eigenvalue weighted by Gasteiger charge is -2.44. The molecule has 1 aliphatic heterocycles. The third-order valence-corrected chi connectivity index (χ3v) is 6.04. The van der Waals surface area contributed by atoms with Gasteiger partial charge in [-0.1, -0.05) is 31.2 Å². The molecule has 0 aromatic rings. The van der Waals surface area contributed by atoms with Crippen molar-refractivity contribution in [1.82, 2.24) is 0 Å². The topological polar surface area (TPSA) is 72.8 Å². The number of cyclic esters (lactones) is 1. The van der Waals surface area contributed by atoms with Crippen LogP contribution in [0.1, 0.15) is 60.3 Å². The van der Waals surface area contributed by atoms with Gasteiger partial charge in [0.1, 0.15) is 6.10 Å². The summed E-state index contributed by atoms with van der Waals surface area (Å²) in [4.78, 5) is 23.8. The van der Waals surface area contributed by atoms with Gasteiger partial charge in [-0.2, -0.15) is 0 Å². The van der Waals surface area contributed by atoms with Crippen LogP contribution in [0.15, 0.2) is 35.5 Å². The predicted molar refractivity (Wildman–Crippen MR) is 109 cm³/mol. The summed E-state index contributed by atoms with van der Waals surface area (Å²) in [6.45, 7) is 9.36. The maximum atomic E-state index is 12.3. The van der Waals surface area contributed by atoms with Gasteiger partial charge in [0.15, 0.2) is 5.78 Å². The molecule has 0 spiro atoms. The van der Waals surface area contributed by atoms with E-state index in [1.165, 1.54) is 0 Å². The Morgan fingerprint density at radius 1 is 1.46 bits per heavy atom. The van der Waals surface area contributed by atoms with Gasteiger partial charge < -0.3 is 14.6 Å². The number of rotatable bonds is 5. The predicted octanol–water partition coefficient (Wildman–Crippen LogP) is 3.91. The molecule has 0 aromatic heterocycles. The van der Waals surface area contributed by atoms with Gasteiger partial charge in [0, 0.05) is 18.3 Å². The highest BCUT2D eigenvalue weighted by molar-refractivity contribution is 5.92. The van der Waals surface area contributed by atoms with E-state index >= 15 is 0 Å². The first-order valence-corrected chi connectivity index (χ1v) is 10.2. The molecule has 5 heteroatoms. The molecule has 2 aliphatic rings. The van der Waals surface area contributed by atoms with E-state index in [2.05, 4.69) is 25.2 Å². The van der Waals surface area contributed by atoms with Crippen molar-refractivity contribution in [3.63, 3.8) is 0 Å². The quantitative estimate of drug-likeness (QED) is 0.438. The number of aliphatic hydroxyl groups is 1. The van der Waals surface area contributed by atoms with Crippen molar-refractivity contribution in [3.8, 4) is 0 Å². The summed E-state index contributed by atoms with van der Waals surface area (Å²) in [6.07, 6.45) is 9.50. The summed E-state index contributed by atoms with van der Waals surface area (Å²) in [7, 11) is 0. The van der Waals surface area contributed by atoms with Gasteiger partial charge in [-0.3, -0.25) is 9.59 Å². The van der Waals surface area contributed by atoms with Crippen LogP contribution < -0.4 is 0 Å². The van der Waals surface area contributed by atoms with Crippen LogP contribution in [0.25, 0.3) is 0 Å². The number of hydrogen-bond acceptors (Lipinski definition) is 5. The largest absolute Gasteiger partial charge is 0.459 e. The summed E-state index contributed by atoms with van der Waals surface area (Å²) in [5.74, 6) is -0.323. The molecule has 0 saturated carbocycles. The number of aliphatic hydroxyl groups excluding tert-OH is 1. The molecule has 5 atom stereocenters. The highest BCUT2D eigenvalue weighted by Crippen LogP contribution is 2.42. The van der Waals surface area contributed by atoms with Crippen LogP contribution in [0.2, 0.25) is 0 Å². The summed E-state index contributed by atoms with van der Waals surface area (Å²) in [5, 5.41) is 10.1. The van der Waals surface area contributed by atoms with Gasteiger partial charge in [0.05, 0.1) is 18.3 Å². The number of carbonyl (C=O) groups excluding carboxylic acids is 2. The Labute approximate surface area is 168 Å². The fourth-order valence-electron chi connectivity index (χ4n) is 4.23. The normalized spacial score (nSPS) is 34.6. The molecule has 5 nitrogen and oxygen atoms in total. The van der Waals surface area contributed by atoms with Crippen molar-refractivity contribution >= 4 is 11.8 Å². The minimum atomic E-state index is -0.748. The van der Waals surface area contributed by atoms with Crippen LogP contribution in [0.3, 0.4) is 0 Å². The first kappa shape index (κ1) is 22.6. The molecule has 2 rings (SSSR count). The van der Waals surface area contributed by atoms with Crippen LogP contribution in [0.5, 0.6) is 0 Å². The second kappa shape index (κ2) is 9.66. The molecule has 0 radical (unpaired) electrons. The van der Waals surface area contributed by atoms with Gasteiger partial charge >= 0.3 is 5.97 Å². The lowest BCUT2D eigenvalue weighted by molar-refractivity contribution is -0.158. The van der Waals surface area contributed by atoms with E-state index < -0.39 is 17.8 Å². The second-order valence-electron chi connectivity index (χ2n) is 8.16. The van der Waals surface area contributed by atoms with Crippen LogP contribution >= 0.6 is 0 Å². The Balaban J connectivity index is 2.40. The highest BCUT2D eigenvalue weighted by atomic mass is 16.6. The summed E-state index contributed by atoms with van der Waals surface area (Å²) < 4.78 is 12.0. The van der Waals surface area contributed by atoms with Crippen LogP contribution in [0.4, 0.5) is 0 Å². The van der Waals surface area contributed by atoms with Gasteiger partial charge in [-0.15, -0.1) is 0 Å². The number of fused-ring (bicyclic) bond motifs is 1. The van der Waals surface area contributed by atoms with E-state index in [0.29, 0.717) is 18.6 Å². The second-order valence-corrected chi connectivity index (χ2v) is 8.16. The minimum absolute atomic E-state index is 0.0375. The van der Waals surface area contributed by atoms with Crippen molar-refractivity contribution in [1.29, 1.82) is 0 Å². The molecule has 28 heavy (non-hydrogen) atoms. The van der Waals surface area contributed by atoms with Crippen molar-refractivity contribution < 1.29 is 24.2 Å². The van der Waals surface area contributed by atoms with E-state index in [1.807, 2.05) is 13.0 Å². The molecule has 0 saturated heterocycles. The van der Waals surface area contributed by atoms with Crippen molar-refractivity contribution in [2.45, 2.75) is 78.1 Å². The lowest BCUT2D eigenvalue weighted by Crippen LogP contribution is -2.45. The number of ketones is 1. The molecule has 1 heterocycles. The fraction of sp³-hybridized carbons (Fsp3) is 0.652. The lowest BCUT2D eigenvalue weighted by atomic mass is 9.71. The smallest absolute Gasteiger partial charge is 0.306 e. The van der Waals surface area contributed by atoms with Crippen LogP contribution in [-0.2, 0) is 19.1 Å². The zero-order valence-corrected chi connectivity index (χ0v) is 17.7. The average molecular weight is 391 g/mol. The van der Waals surface area contributed by atoms with Crippen molar-refractivity contribution in [3.05, 3.63) is 35.5 Å². The molecule has 1 N–H and O–H groups in total. The van der Waals surface area contributed by atoms with Crippen LogP contribution in [-0.4, -0.2) is 41.3 Å². The first-order chi connectivity index (χ1) is 13.2. The van der Waals surface area contributed by atoms with Gasteiger partial charge in [-0.05, 0) is 58.1 Å². The van der Waals surface area contributed by atoms with Gasteiger partial charge in [-0.25, -0.2) is 0 Å². The zero-order chi connectivity index (χ0) is 20.9. The van der Waals surface area contributed by atoms with Gasteiger partial charge in [0.25, 0.3) is 0 Å². The number of Topliss-reactive ketones (excluding diaryl/α,β-unsaturated/α-hetero) is 1. The molecule has 0 aromatic carbocycles. The Morgan fingerprint density at radius 3 is 2.82 bits per heavy atom. The van der Waals surface area contributed by atoms with E-state index in [-0.39, 0.29) is 30.0 Å². The molecule has 0 amide bonds. The molecular weight excluding hydrogens is 356 g/mol. The monoisotopic (exact) mass is 390 g/mol. The summed E-state index contributed by atoms with van der Waals surface area (Å²) >= 11 is 0. The Morgan fingerprint density at radius 2 is 2.18 bits per heavy atom.